The standard InChI is InChI=1S/C15H22O5/c1-5-9-10(6-2)12(15(18)20-19-8-4)14(17)13(16)11(9)7-3/h16-17H,5-8H2,1-4H3. The lowest BCUT2D eigenvalue weighted by molar-refractivity contribution is -0.237. The molecule has 5 nitrogen and oxygen atoms in total. The quantitative estimate of drug-likeness (QED) is 0.476. The maximum atomic E-state index is 12.0. The van der Waals surface area contributed by atoms with Gasteiger partial charge >= 0.3 is 5.97 Å². The molecule has 20 heavy (non-hydrogen) atoms. The van der Waals surface area contributed by atoms with Gasteiger partial charge in [0.25, 0.3) is 0 Å². The maximum absolute atomic E-state index is 12.0. The van der Waals surface area contributed by atoms with Crippen LogP contribution in [-0.4, -0.2) is 22.8 Å². The Morgan fingerprint density at radius 2 is 1.45 bits per heavy atom. The molecule has 0 atom stereocenters. The van der Waals surface area contributed by atoms with Gasteiger partial charge in [-0.3, -0.25) is 4.89 Å². The summed E-state index contributed by atoms with van der Waals surface area (Å²) in [6.45, 7) is 7.63. The highest BCUT2D eigenvalue weighted by molar-refractivity contribution is 5.95. The molecule has 0 saturated carbocycles. The van der Waals surface area contributed by atoms with Crippen LogP contribution in [0.2, 0.25) is 0 Å². The van der Waals surface area contributed by atoms with Gasteiger partial charge in [-0.15, -0.1) is 0 Å². The Balaban J connectivity index is 3.50. The van der Waals surface area contributed by atoms with E-state index in [1.807, 2.05) is 20.8 Å². The summed E-state index contributed by atoms with van der Waals surface area (Å²) >= 11 is 0. The van der Waals surface area contributed by atoms with Gasteiger partial charge in [0.15, 0.2) is 11.5 Å². The van der Waals surface area contributed by atoms with E-state index in [0.29, 0.717) is 30.4 Å². The van der Waals surface area contributed by atoms with Crippen LogP contribution in [0.1, 0.15) is 54.7 Å². The fourth-order valence-corrected chi connectivity index (χ4v) is 2.45. The SMILES string of the molecule is CCOOC(=O)c1c(O)c(O)c(CC)c(CC)c1CC. The third-order valence-corrected chi connectivity index (χ3v) is 3.29. The minimum absolute atomic E-state index is 0.00694. The van der Waals surface area contributed by atoms with Gasteiger partial charge in [-0.05, 0) is 37.3 Å². The van der Waals surface area contributed by atoms with E-state index in [-0.39, 0.29) is 17.9 Å². The summed E-state index contributed by atoms with van der Waals surface area (Å²) in [4.78, 5) is 21.3. The second-order valence-electron chi connectivity index (χ2n) is 4.35. The van der Waals surface area contributed by atoms with Crippen molar-refractivity contribution in [3.8, 4) is 11.5 Å². The first-order chi connectivity index (χ1) is 9.53. The normalized spacial score (nSPS) is 10.6. The molecule has 0 aliphatic rings. The Morgan fingerprint density at radius 3 is 1.90 bits per heavy atom. The number of phenolic OH excluding ortho intramolecular Hbond substituents is 2. The van der Waals surface area contributed by atoms with Crippen molar-refractivity contribution in [2.24, 2.45) is 0 Å². The van der Waals surface area contributed by atoms with Crippen molar-refractivity contribution in [3.63, 3.8) is 0 Å². The molecule has 0 aromatic heterocycles. The Labute approximate surface area is 119 Å². The van der Waals surface area contributed by atoms with E-state index in [2.05, 4.69) is 9.78 Å². The van der Waals surface area contributed by atoms with Crippen LogP contribution >= 0.6 is 0 Å². The molecule has 0 saturated heterocycles. The summed E-state index contributed by atoms with van der Waals surface area (Å²) in [5.74, 6) is -1.46. The molecule has 112 valence electrons. The molecule has 0 bridgehead atoms. The van der Waals surface area contributed by atoms with Crippen molar-refractivity contribution in [2.45, 2.75) is 47.0 Å². The van der Waals surface area contributed by atoms with Gasteiger partial charge in [0, 0.05) is 5.56 Å². The van der Waals surface area contributed by atoms with Crippen molar-refractivity contribution in [1.82, 2.24) is 0 Å². The molecule has 0 aliphatic heterocycles. The van der Waals surface area contributed by atoms with Gasteiger partial charge in [-0.2, -0.15) is 4.89 Å². The van der Waals surface area contributed by atoms with Gasteiger partial charge in [0.05, 0.1) is 6.61 Å². The van der Waals surface area contributed by atoms with Gasteiger partial charge in [0.1, 0.15) is 5.56 Å². The highest BCUT2D eigenvalue weighted by Crippen LogP contribution is 2.40. The first-order valence-electron chi connectivity index (χ1n) is 6.95. The molecule has 2 N–H and O–H groups in total. The fraction of sp³-hybridized carbons (Fsp3) is 0.533. The van der Waals surface area contributed by atoms with E-state index < -0.39 is 11.7 Å². The average molecular weight is 282 g/mol. The van der Waals surface area contributed by atoms with Crippen LogP contribution in [0.25, 0.3) is 0 Å². The monoisotopic (exact) mass is 282 g/mol. The summed E-state index contributed by atoms with van der Waals surface area (Å²) in [5.41, 5.74) is 2.25. The number of rotatable bonds is 6. The topological polar surface area (TPSA) is 76.0 Å². The predicted octanol–water partition coefficient (Wildman–Crippen LogP) is 2.89. The Kier molecular flexibility index (Phi) is 5.82. The molecule has 1 aromatic rings. The molecule has 0 spiro atoms. The lowest BCUT2D eigenvalue weighted by atomic mass is 9.89. The zero-order valence-corrected chi connectivity index (χ0v) is 12.4. The number of benzene rings is 1. The summed E-state index contributed by atoms with van der Waals surface area (Å²) in [6.07, 6.45) is 1.80. The summed E-state index contributed by atoms with van der Waals surface area (Å²) < 4.78 is 0. The summed E-state index contributed by atoms with van der Waals surface area (Å²) in [6, 6.07) is 0. The number of aromatic hydroxyl groups is 2. The predicted molar refractivity (Wildman–Crippen MR) is 74.9 cm³/mol. The fourth-order valence-electron chi connectivity index (χ4n) is 2.45. The van der Waals surface area contributed by atoms with Crippen molar-refractivity contribution < 1.29 is 24.8 Å². The lowest BCUT2D eigenvalue weighted by Gasteiger charge is -2.18. The minimum atomic E-state index is -0.783. The molecule has 0 aliphatic carbocycles. The number of carbonyl (C=O) groups excluding carboxylic acids is 1. The zero-order chi connectivity index (χ0) is 15.3. The van der Waals surface area contributed by atoms with Gasteiger partial charge in [-0.1, -0.05) is 20.8 Å². The van der Waals surface area contributed by atoms with Gasteiger partial charge in [0.2, 0.25) is 0 Å². The van der Waals surface area contributed by atoms with Crippen molar-refractivity contribution in [1.29, 1.82) is 0 Å². The van der Waals surface area contributed by atoms with Gasteiger partial charge in [-0.25, -0.2) is 4.79 Å². The highest BCUT2D eigenvalue weighted by atomic mass is 17.2. The van der Waals surface area contributed by atoms with E-state index in [1.165, 1.54) is 0 Å². The van der Waals surface area contributed by atoms with Crippen LogP contribution in [0.4, 0.5) is 0 Å². The van der Waals surface area contributed by atoms with E-state index in [4.69, 9.17) is 0 Å². The molecule has 0 fully saturated rings. The van der Waals surface area contributed by atoms with E-state index >= 15 is 0 Å². The lowest BCUT2D eigenvalue weighted by Crippen LogP contribution is -2.13. The number of phenols is 2. The summed E-state index contributed by atoms with van der Waals surface area (Å²) in [5, 5.41) is 20.2. The average Bonchev–Trinajstić information content (AvgIpc) is 2.46. The molecule has 0 unspecified atom stereocenters. The maximum Gasteiger partial charge on any atom is 0.377 e. The third-order valence-electron chi connectivity index (χ3n) is 3.29. The van der Waals surface area contributed by atoms with Crippen LogP contribution in [0.15, 0.2) is 0 Å². The van der Waals surface area contributed by atoms with Crippen molar-refractivity contribution in [2.75, 3.05) is 6.61 Å². The Hall–Kier alpha value is -1.75. The van der Waals surface area contributed by atoms with Crippen LogP contribution < -0.4 is 0 Å². The first kappa shape index (κ1) is 16.3. The largest absolute Gasteiger partial charge is 0.504 e. The molecule has 5 heteroatoms. The minimum Gasteiger partial charge on any atom is -0.504 e. The van der Waals surface area contributed by atoms with E-state index in [1.54, 1.807) is 6.92 Å². The summed E-state index contributed by atoms with van der Waals surface area (Å²) in [7, 11) is 0. The van der Waals surface area contributed by atoms with E-state index in [0.717, 1.165) is 5.56 Å². The van der Waals surface area contributed by atoms with Crippen LogP contribution in [0, 0.1) is 0 Å². The number of carbonyl (C=O) groups is 1. The molecule has 1 aromatic carbocycles. The van der Waals surface area contributed by atoms with Crippen molar-refractivity contribution >= 4 is 5.97 Å². The van der Waals surface area contributed by atoms with Crippen molar-refractivity contribution in [3.05, 3.63) is 22.3 Å². The smallest absolute Gasteiger partial charge is 0.377 e. The van der Waals surface area contributed by atoms with Crippen LogP contribution in [0.3, 0.4) is 0 Å². The Morgan fingerprint density at radius 1 is 0.900 bits per heavy atom. The third kappa shape index (κ3) is 2.88. The number of hydrogen-bond donors (Lipinski definition) is 2. The molecule has 0 amide bonds. The highest BCUT2D eigenvalue weighted by Gasteiger charge is 2.26. The zero-order valence-electron chi connectivity index (χ0n) is 12.4. The number of hydrogen-bond acceptors (Lipinski definition) is 5. The van der Waals surface area contributed by atoms with Crippen LogP contribution in [-0.2, 0) is 29.0 Å². The van der Waals surface area contributed by atoms with Gasteiger partial charge < -0.3 is 10.2 Å². The molecule has 0 radical (unpaired) electrons. The molecule has 1 rings (SSSR count). The second kappa shape index (κ2) is 7.14. The first-order valence-corrected chi connectivity index (χ1v) is 6.95. The Bertz CT molecular complexity index is 494. The molecule has 0 heterocycles. The van der Waals surface area contributed by atoms with Crippen LogP contribution in [0.5, 0.6) is 11.5 Å². The second-order valence-corrected chi connectivity index (χ2v) is 4.35. The molecular formula is C15H22O5. The molecular weight excluding hydrogens is 260 g/mol. The van der Waals surface area contributed by atoms with E-state index in [9.17, 15) is 15.0 Å².